The summed E-state index contributed by atoms with van der Waals surface area (Å²) in [6.45, 7) is 4.39. The third kappa shape index (κ3) is 4.50. The summed E-state index contributed by atoms with van der Waals surface area (Å²) in [4.78, 5) is 25.8. The fraction of sp³-hybridized carbons (Fsp3) is 0.450. The lowest BCUT2D eigenvalue weighted by Crippen LogP contribution is -2.31. The number of nitrogens with zero attached hydrogens (tertiary/aromatic N) is 4. The van der Waals surface area contributed by atoms with Crippen LogP contribution in [-0.4, -0.2) is 43.1 Å². The van der Waals surface area contributed by atoms with Crippen molar-refractivity contribution in [2.24, 2.45) is 0 Å². The van der Waals surface area contributed by atoms with Crippen LogP contribution in [0.15, 0.2) is 30.3 Å². The second-order valence-electron chi connectivity index (χ2n) is 6.96. The normalized spacial score (nSPS) is 14.2. The number of carbonyl (C=O) groups excluding carboxylic acids is 1. The average Bonchev–Trinajstić information content (AvgIpc) is 2.66. The van der Waals surface area contributed by atoms with Gasteiger partial charge in [-0.1, -0.05) is 0 Å². The topological polar surface area (TPSA) is 61.4 Å². The molecule has 0 unspecified atom stereocenters. The van der Waals surface area contributed by atoms with Gasteiger partial charge in [-0.2, -0.15) is 0 Å². The summed E-state index contributed by atoms with van der Waals surface area (Å²) in [5, 5.41) is 2.93. The van der Waals surface area contributed by atoms with Crippen LogP contribution in [0.5, 0.6) is 0 Å². The molecule has 1 amide bonds. The van der Waals surface area contributed by atoms with Gasteiger partial charge < -0.3 is 15.1 Å². The molecule has 138 valence electrons. The molecule has 26 heavy (non-hydrogen) atoms. The first-order valence-corrected chi connectivity index (χ1v) is 9.18. The van der Waals surface area contributed by atoms with Crippen LogP contribution in [0.3, 0.4) is 0 Å². The molecule has 6 heteroatoms. The number of anilines is 2. The molecule has 1 N–H and O–H groups in total. The number of nitrogens with one attached hydrogen (secondary N) is 1. The third-order valence-electron chi connectivity index (χ3n) is 4.62. The fourth-order valence-electron chi connectivity index (χ4n) is 3.15. The van der Waals surface area contributed by atoms with Crippen molar-refractivity contribution in [3.63, 3.8) is 0 Å². The Hall–Kier alpha value is -2.63. The maximum absolute atomic E-state index is 12.4. The smallest absolute Gasteiger partial charge is 0.251 e. The Morgan fingerprint density at radius 1 is 1.12 bits per heavy atom. The predicted molar refractivity (Wildman–Crippen MR) is 105 cm³/mol. The van der Waals surface area contributed by atoms with Crippen LogP contribution in [0.1, 0.15) is 41.1 Å². The number of amides is 1. The molecular weight excluding hydrogens is 326 g/mol. The maximum Gasteiger partial charge on any atom is 0.251 e. The van der Waals surface area contributed by atoms with E-state index in [2.05, 4.69) is 20.2 Å². The van der Waals surface area contributed by atoms with Crippen LogP contribution in [0, 0.1) is 6.92 Å². The number of hydrogen-bond acceptors (Lipinski definition) is 5. The van der Waals surface area contributed by atoms with Crippen LogP contribution in [-0.2, 0) is 6.54 Å². The Morgan fingerprint density at radius 2 is 1.81 bits per heavy atom. The number of carbonyl (C=O) groups is 1. The molecule has 2 aromatic rings. The number of rotatable bonds is 5. The van der Waals surface area contributed by atoms with Gasteiger partial charge in [0.1, 0.15) is 11.6 Å². The van der Waals surface area contributed by atoms with E-state index in [4.69, 9.17) is 0 Å². The van der Waals surface area contributed by atoms with Gasteiger partial charge in [-0.05, 0) is 50.5 Å². The van der Waals surface area contributed by atoms with Crippen molar-refractivity contribution in [1.29, 1.82) is 0 Å². The molecule has 1 aromatic heterocycles. The van der Waals surface area contributed by atoms with Crippen LogP contribution in [0.25, 0.3) is 0 Å². The van der Waals surface area contributed by atoms with Crippen molar-refractivity contribution in [2.45, 2.75) is 32.7 Å². The van der Waals surface area contributed by atoms with Gasteiger partial charge in [-0.15, -0.1) is 0 Å². The molecule has 0 spiro atoms. The Balaban J connectivity index is 1.65. The van der Waals surface area contributed by atoms with E-state index >= 15 is 0 Å². The lowest BCUT2D eigenvalue weighted by molar-refractivity contribution is 0.0950. The van der Waals surface area contributed by atoms with E-state index < -0.39 is 0 Å². The maximum atomic E-state index is 12.4. The van der Waals surface area contributed by atoms with Gasteiger partial charge in [0.25, 0.3) is 5.91 Å². The number of aromatic nitrogens is 2. The first-order valence-electron chi connectivity index (χ1n) is 9.18. The summed E-state index contributed by atoms with van der Waals surface area (Å²) in [5.74, 6) is 1.51. The number of hydrogen-bond donors (Lipinski definition) is 1. The number of benzene rings is 1. The van der Waals surface area contributed by atoms with E-state index in [0.717, 1.165) is 30.3 Å². The largest absolute Gasteiger partial charge is 0.378 e. The molecule has 0 saturated carbocycles. The molecule has 2 heterocycles. The summed E-state index contributed by atoms with van der Waals surface area (Å²) < 4.78 is 0. The molecular formula is C20H27N5O. The second kappa shape index (κ2) is 8.17. The van der Waals surface area contributed by atoms with Crippen LogP contribution >= 0.6 is 0 Å². The zero-order valence-corrected chi connectivity index (χ0v) is 15.8. The van der Waals surface area contributed by atoms with E-state index in [-0.39, 0.29) is 5.91 Å². The minimum atomic E-state index is -0.111. The van der Waals surface area contributed by atoms with E-state index in [1.807, 2.05) is 56.3 Å². The quantitative estimate of drug-likeness (QED) is 0.896. The van der Waals surface area contributed by atoms with Crippen molar-refractivity contribution in [3.05, 3.63) is 47.4 Å². The highest BCUT2D eigenvalue weighted by molar-refractivity contribution is 5.94. The van der Waals surface area contributed by atoms with Gasteiger partial charge in [0, 0.05) is 50.2 Å². The summed E-state index contributed by atoms with van der Waals surface area (Å²) in [6, 6.07) is 9.57. The summed E-state index contributed by atoms with van der Waals surface area (Å²) in [6.07, 6.45) is 3.70. The zero-order chi connectivity index (χ0) is 18.5. The van der Waals surface area contributed by atoms with E-state index in [1.54, 1.807) is 0 Å². The van der Waals surface area contributed by atoms with E-state index in [0.29, 0.717) is 17.9 Å². The zero-order valence-electron chi connectivity index (χ0n) is 15.8. The van der Waals surface area contributed by atoms with Crippen molar-refractivity contribution in [2.75, 3.05) is 37.0 Å². The minimum absolute atomic E-state index is 0.111. The predicted octanol–water partition coefficient (Wildman–Crippen LogP) is 2.77. The lowest BCUT2D eigenvalue weighted by atomic mass is 10.1. The third-order valence-corrected chi connectivity index (χ3v) is 4.62. The number of piperidine rings is 1. The molecule has 1 saturated heterocycles. The lowest BCUT2D eigenvalue weighted by Gasteiger charge is -2.28. The van der Waals surface area contributed by atoms with Crippen molar-refractivity contribution in [1.82, 2.24) is 15.3 Å². The van der Waals surface area contributed by atoms with Crippen molar-refractivity contribution < 1.29 is 4.79 Å². The molecule has 3 rings (SSSR count). The first kappa shape index (κ1) is 18.2. The molecule has 1 aliphatic rings. The van der Waals surface area contributed by atoms with Gasteiger partial charge in [0.2, 0.25) is 0 Å². The SMILES string of the molecule is Cc1cc(N2CCCCC2)nc(CNC(=O)c2ccc(N(C)C)cc2)n1. The first-order chi connectivity index (χ1) is 12.5. The monoisotopic (exact) mass is 353 g/mol. The van der Waals surface area contributed by atoms with Crippen molar-refractivity contribution in [3.8, 4) is 0 Å². The van der Waals surface area contributed by atoms with Crippen LogP contribution in [0.4, 0.5) is 11.5 Å². The highest BCUT2D eigenvalue weighted by atomic mass is 16.1. The molecule has 0 aliphatic carbocycles. The Labute approximate surface area is 155 Å². The highest BCUT2D eigenvalue weighted by Crippen LogP contribution is 2.18. The summed E-state index contributed by atoms with van der Waals surface area (Å²) in [5.41, 5.74) is 2.63. The molecule has 0 bridgehead atoms. The highest BCUT2D eigenvalue weighted by Gasteiger charge is 2.14. The minimum Gasteiger partial charge on any atom is -0.378 e. The molecule has 6 nitrogen and oxygen atoms in total. The standard InChI is InChI=1S/C20H27N5O/c1-15-13-19(25-11-5-4-6-12-25)23-18(22-15)14-21-20(26)16-7-9-17(10-8-16)24(2)3/h7-10,13H,4-6,11-12,14H2,1-3H3,(H,21,26). The van der Waals surface area contributed by atoms with Gasteiger partial charge in [0.15, 0.2) is 0 Å². The Bertz CT molecular complexity index is 751. The van der Waals surface area contributed by atoms with E-state index in [9.17, 15) is 4.79 Å². The average molecular weight is 353 g/mol. The molecule has 1 aromatic carbocycles. The van der Waals surface area contributed by atoms with Gasteiger partial charge in [0.05, 0.1) is 6.54 Å². The number of aryl methyl sites for hydroxylation is 1. The Morgan fingerprint density at radius 3 is 2.46 bits per heavy atom. The summed E-state index contributed by atoms with van der Waals surface area (Å²) in [7, 11) is 3.95. The van der Waals surface area contributed by atoms with Gasteiger partial charge >= 0.3 is 0 Å². The molecule has 0 atom stereocenters. The molecule has 0 radical (unpaired) electrons. The fourth-order valence-corrected chi connectivity index (χ4v) is 3.15. The molecule has 1 fully saturated rings. The van der Waals surface area contributed by atoms with Crippen LogP contribution in [0.2, 0.25) is 0 Å². The van der Waals surface area contributed by atoms with Crippen LogP contribution < -0.4 is 15.1 Å². The van der Waals surface area contributed by atoms with Crippen molar-refractivity contribution >= 4 is 17.4 Å². The van der Waals surface area contributed by atoms with Gasteiger partial charge in [-0.3, -0.25) is 4.79 Å². The molecule has 1 aliphatic heterocycles. The summed E-state index contributed by atoms with van der Waals surface area (Å²) >= 11 is 0. The Kier molecular flexibility index (Phi) is 5.71. The van der Waals surface area contributed by atoms with Gasteiger partial charge in [-0.25, -0.2) is 9.97 Å². The van der Waals surface area contributed by atoms with E-state index in [1.165, 1.54) is 19.3 Å². The second-order valence-corrected chi connectivity index (χ2v) is 6.96.